The highest BCUT2D eigenvalue weighted by atomic mass is 16.2. The zero-order chi connectivity index (χ0) is 12.8. The van der Waals surface area contributed by atoms with Gasteiger partial charge in [-0.1, -0.05) is 17.7 Å². The number of anilines is 1. The van der Waals surface area contributed by atoms with Crippen LogP contribution in [0.5, 0.6) is 0 Å². The van der Waals surface area contributed by atoms with Gasteiger partial charge in [-0.3, -0.25) is 4.79 Å². The summed E-state index contributed by atoms with van der Waals surface area (Å²) in [6, 6.07) is 4.31. The van der Waals surface area contributed by atoms with E-state index in [1.165, 1.54) is 5.56 Å². The number of hydrogen-bond donors (Lipinski definition) is 2. The Morgan fingerprint density at radius 3 is 2.65 bits per heavy atom. The Hall–Kier alpha value is -1.35. The van der Waals surface area contributed by atoms with Crippen LogP contribution >= 0.6 is 0 Å². The summed E-state index contributed by atoms with van der Waals surface area (Å²) in [4.78, 5) is 12.0. The lowest BCUT2D eigenvalue weighted by molar-refractivity contribution is -0.119. The van der Waals surface area contributed by atoms with E-state index in [4.69, 9.17) is 5.73 Å². The number of hydrogen-bond acceptors (Lipinski definition) is 2. The van der Waals surface area contributed by atoms with Crippen molar-refractivity contribution in [3.8, 4) is 0 Å². The van der Waals surface area contributed by atoms with Crippen LogP contribution in [0.2, 0.25) is 0 Å². The van der Waals surface area contributed by atoms with Gasteiger partial charge in [0, 0.05) is 11.7 Å². The number of nitrogens with one attached hydrogen (secondary N) is 1. The van der Waals surface area contributed by atoms with Gasteiger partial charge in [0.25, 0.3) is 0 Å². The Morgan fingerprint density at radius 1 is 1.41 bits per heavy atom. The number of carbonyl (C=O) groups is 1. The number of fused-ring (bicyclic) bond motifs is 1. The number of aryl methyl sites for hydroxylation is 1. The second-order valence-electron chi connectivity index (χ2n) is 5.61. The molecule has 1 unspecified atom stereocenters. The lowest BCUT2D eigenvalue weighted by Crippen LogP contribution is -2.26. The zero-order valence-corrected chi connectivity index (χ0v) is 10.9. The lowest BCUT2D eigenvalue weighted by atomic mass is 9.84. The van der Waals surface area contributed by atoms with Crippen LogP contribution in [0.1, 0.15) is 37.5 Å². The smallest absolute Gasteiger partial charge is 0.234 e. The molecule has 0 radical (unpaired) electrons. The van der Waals surface area contributed by atoms with Gasteiger partial charge >= 0.3 is 0 Å². The Balaban J connectivity index is 2.56. The Kier molecular flexibility index (Phi) is 2.74. The van der Waals surface area contributed by atoms with Crippen LogP contribution in [-0.4, -0.2) is 11.9 Å². The molecular weight excluding hydrogens is 212 g/mol. The third-order valence-electron chi connectivity index (χ3n) is 3.39. The quantitative estimate of drug-likeness (QED) is 0.820. The topological polar surface area (TPSA) is 55.1 Å². The van der Waals surface area contributed by atoms with E-state index in [1.807, 2.05) is 20.8 Å². The van der Waals surface area contributed by atoms with Crippen molar-refractivity contribution in [1.29, 1.82) is 0 Å². The molecular formula is C14H20N2O. The summed E-state index contributed by atoms with van der Waals surface area (Å²) in [5.74, 6) is 0.0732. The van der Waals surface area contributed by atoms with Crippen molar-refractivity contribution in [3.05, 3.63) is 28.8 Å². The van der Waals surface area contributed by atoms with Crippen molar-refractivity contribution >= 4 is 11.6 Å². The van der Waals surface area contributed by atoms with Crippen molar-refractivity contribution in [2.24, 2.45) is 5.73 Å². The fourth-order valence-electron chi connectivity index (χ4n) is 2.40. The molecule has 3 N–H and O–H groups in total. The maximum atomic E-state index is 12.0. The van der Waals surface area contributed by atoms with Crippen LogP contribution in [0.15, 0.2) is 12.1 Å². The van der Waals surface area contributed by atoms with Crippen LogP contribution in [0.25, 0.3) is 0 Å². The standard InChI is InChI=1S/C14H20N2O/c1-8-5-10(7-9(2)15)12-11(6-8)14(3,4)13(17)16-12/h5-6,9H,7,15H2,1-4H3,(H,16,17). The van der Waals surface area contributed by atoms with Gasteiger partial charge in [-0.15, -0.1) is 0 Å². The number of amides is 1. The molecule has 1 amide bonds. The predicted molar refractivity (Wildman–Crippen MR) is 70.2 cm³/mol. The van der Waals surface area contributed by atoms with Gasteiger partial charge in [-0.2, -0.15) is 0 Å². The summed E-state index contributed by atoms with van der Waals surface area (Å²) >= 11 is 0. The lowest BCUT2D eigenvalue weighted by Gasteiger charge is -2.17. The van der Waals surface area contributed by atoms with E-state index in [2.05, 4.69) is 24.4 Å². The summed E-state index contributed by atoms with van der Waals surface area (Å²) < 4.78 is 0. The minimum atomic E-state index is -0.437. The number of nitrogens with two attached hydrogens (primary N) is 1. The minimum absolute atomic E-state index is 0.0732. The van der Waals surface area contributed by atoms with Crippen molar-refractivity contribution < 1.29 is 4.79 Å². The van der Waals surface area contributed by atoms with Gasteiger partial charge < -0.3 is 11.1 Å². The van der Waals surface area contributed by atoms with E-state index in [9.17, 15) is 4.79 Å². The average molecular weight is 232 g/mol. The molecule has 1 aliphatic heterocycles. The maximum absolute atomic E-state index is 12.0. The number of rotatable bonds is 2. The molecule has 17 heavy (non-hydrogen) atoms. The molecule has 0 aromatic heterocycles. The molecule has 2 rings (SSSR count). The van der Waals surface area contributed by atoms with E-state index < -0.39 is 5.41 Å². The highest BCUT2D eigenvalue weighted by Gasteiger charge is 2.39. The first-order valence-corrected chi connectivity index (χ1v) is 6.03. The van der Waals surface area contributed by atoms with Crippen LogP contribution < -0.4 is 11.1 Å². The van der Waals surface area contributed by atoms with Gasteiger partial charge in [0.2, 0.25) is 5.91 Å². The zero-order valence-electron chi connectivity index (χ0n) is 10.9. The molecule has 0 saturated carbocycles. The molecule has 92 valence electrons. The molecule has 3 heteroatoms. The highest BCUT2D eigenvalue weighted by molar-refractivity contribution is 6.06. The Labute approximate surface area is 102 Å². The summed E-state index contributed by atoms with van der Waals surface area (Å²) in [7, 11) is 0. The van der Waals surface area contributed by atoms with E-state index in [0.717, 1.165) is 23.2 Å². The third-order valence-corrected chi connectivity index (χ3v) is 3.39. The summed E-state index contributed by atoms with van der Waals surface area (Å²) in [5, 5.41) is 2.99. The second-order valence-corrected chi connectivity index (χ2v) is 5.61. The Bertz CT molecular complexity index is 475. The van der Waals surface area contributed by atoms with Gasteiger partial charge in [0.1, 0.15) is 0 Å². The molecule has 1 aromatic carbocycles. The largest absolute Gasteiger partial charge is 0.328 e. The molecule has 0 aliphatic carbocycles. The first kappa shape index (κ1) is 12.1. The number of carbonyl (C=O) groups excluding carboxylic acids is 1. The van der Waals surface area contributed by atoms with Crippen LogP contribution in [0.3, 0.4) is 0 Å². The van der Waals surface area contributed by atoms with Crippen LogP contribution in [0.4, 0.5) is 5.69 Å². The first-order valence-electron chi connectivity index (χ1n) is 6.03. The minimum Gasteiger partial charge on any atom is -0.328 e. The van der Waals surface area contributed by atoms with Gasteiger partial charge in [0.15, 0.2) is 0 Å². The molecule has 0 bridgehead atoms. The molecule has 3 nitrogen and oxygen atoms in total. The van der Waals surface area contributed by atoms with Crippen molar-refractivity contribution in [2.75, 3.05) is 5.32 Å². The maximum Gasteiger partial charge on any atom is 0.234 e. The fourth-order valence-corrected chi connectivity index (χ4v) is 2.40. The van der Waals surface area contributed by atoms with Crippen molar-refractivity contribution in [1.82, 2.24) is 0 Å². The highest BCUT2D eigenvalue weighted by Crippen LogP contribution is 2.40. The van der Waals surface area contributed by atoms with E-state index in [-0.39, 0.29) is 11.9 Å². The third kappa shape index (κ3) is 1.95. The Morgan fingerprint density at radius 2 is 2.06 bits per heavy atom. The summed E-state index contributed by atoms with van der Waals surface area (Å²) in [5.41, 5.74) is 9.82. The average Bonchev–Trinajstić information content (AvgIpc) is 2.40. The van der Waals surface area contributed by atoms with E-state index in [1.54, 1.807) is 0 Å². The number of benzene rings is 1. The van der Waals surface area contributed by atoms with Crippen molar-refractivity contribution in [2.45, 2.75) is 45.6 Å². The molecule has 1 aromatic rings. The van der Waals surface area contributed by atoms with E-state index >= 15 is 0 Å². The summed E-state index contributed by atoms with van der Waals surface area (Å²) in [6.45, 7) is 7.97. The SMILES string of the molecule is Cc1cc(CC(C)N)c2c(c1)C(C)(C)C(=O)N2. The molecule has 1 heterocycles. The van der Waals surface area contributed by atoms with Gasteiger partial charge in [0.05, 0.1) is 5.41 Å². The van der Waals surface area contributed by atoms with Crippen LogP contribution in [-0.2, 0) is 16.6 Å². The first-order chi connectivity index (χ1) is 7.82. The van der Waals surface area contributed by atoms with Crippen molar-refractivity contribution in [3.63, 3.8) is 0 Å². The monoisotopic (exact) mass is 232 g/mol. The molecule has 0 fully saturated rings. The molecule has 0 spiro atoms. The molecule has 1 atom stereocenters. The second kappa shape index (κ2) is 3.84. The summed E-state index contributed by atoms with van der Waals surface area (Å²) in [6.07, 6.45) is 0.792. The van der Waals surface area contributed by atoms with Gasteiger partial charge in [-0.25, -0.2) is 0 Å². The predicted octanol–water partition coefficient (Wildman–Crippen LogP) is 2.11. The van der Waals surface area contributed by atoms with Gasteiger partial charge in [-0.05, 0) is 45.2 Å². The normalized spacial score (nSPS) is 18.8. The van der Waals surface area contributed by atoms with E-state index in [0.29, 0.717) is 0 Å². The fraction of sp³-hybridized carbons (Fsp3) is 0.500. The molecule has 1 aliphatic rings. The molecule has 0 saturated heterocycles. The van der Waals surface area contributed by atoms with Crippen LogP contribution in [0, 0.1) is 6.92 Å².